The number of carbonyl (C=O) groups is 1. The molecule has 0 bridgehead atoms. The standard InChI is InChI=1S/C16H20F2N2O2/c1-10(20-9-16(2,17)18)6-12-8-19-14-5-4-11(7-13(12)14)15(21)22-3/h4-5,7-8,10,19-20H,6,9H2,1-3H3. The van der Waals surface area contributed by atoms with Crippen molar-refractivity contribution in [2.45, 2.75) is 32.2 Å². The minimum atomic E-state index is -2.73. The molecule has 0 saturated heterocycles. The molecule has 0 saturated carbocycles. The lowest BCUT2D eigenvalue weighted by Gasteiger charge is -2.17. The highest BCUT2D eigenvalue weighted by atomic mass is 19.3. The van der Waals surface area contributed by atoms with Gasteiger partial charge in [0.2, 0.25) is 0 Å². The highest BCUT2D eigenvalue weighted by molar-refractivity contribution is 5.95. The van der Waals surface area contributed by atoms with Gasteiger partial charge in [-0.2, -0.15) is 0 Å². The smallest absolute Gasteiger partial charge is 0.337 e. The van der Waals surface area contributed by atoms with Crippen LogP contribution < -0.4 is 5.32 Å². The van der Waals surface area contributed by atoms with Gasteiger partial charge in [-0.05, 0) is 37.1 Å². The maximum atomic E-state index is 12.9. The summed E-state index contributed by atoms with van der Waals surface area (Å²) in [5, 5.41) is 3.72. The molecule has 6 heteroatoms. The summed E-state index contributed by atoms with van der Waals surface area (Å²) in [6, 6.07) is 5.15. The number of halogens is 2. The van der Waals surface area contributed by atoms with Crippen molar-refractivity contribution >= 4 is 16.9 Å². The van der Waals surface area contributed by atoms with E-state index in [4.69, 9.17) is 4.74 Å². The quantitative estimate of drug-likeness (QED) is 0.806. The first kappa shape index (κ1) is 16.4. The molecule has 1 aromatic carbocycles. The van der Waals surface area contributed by atoms with Crippen LogP contribution in [0.1, 0.15) is 29.8 Å². The molecule has 0 spiro atoms. The van der Waals surface area contributed by atoms with E-state index in [2.05, 4.69) is 10.3 Å². The van der Waals surface area contributed by atoms with Crippen LogP contribution in [-0.2, 0) is 11.2 Å². The zero-order valence-corrected chi connectivity index (χ0v) is 12.9. The van der Waals surface area contributed by atoms with Gasteiger partial charge in [-0.15, -0.1) is 0 Å². The Hall–Kier alpha value is -1.95. The van der Waals surface area contributed by atoms with Crippen LogP contribution >= 0.6 is 0 Å². The summed E-state index contributed by atoms with van der Waals surface area (Å²) in [5.41, 5.74) is 2.34. The number of fused-ring (bicyclic) bond motifs is 1. The number of aromatic nitrogens is 1. The second kappa shape index (κ2) is 6.44. The molecule has 1 heterocycles. The molecular weight excluding hydrogens is 290 g/mol. The van der Waals surface area contributed by atoms with Gasteiger partial charge < -0.3 is 15.0 Å². The second-order valence-corrected chi connectivity index (χ2v) is 5.62. The fourth-order valence-electron chi connectivity index (χ4n) is 2.35. The van der Waals surface area contributed by atoms with Crippen LogP contribution in [0.25, 0.3) is 10.9 Å². The average molecular weight is 310 g/mol. The van der Waals surface area contributed by atoms with Gasteiger partial charge in [-0.3, -0.25) is 0 Å². The Morgan fingerprint density at radius 2 is 2.18 bits per heavy atom. The lowest BCUT2D eigenvalue weighted by Crippen LogP contribution is -2.37. The largest absolute Gasteiger partial charge is 0.465 e. The number of ether oxygens (including phenoxy) is 1. The predicted octanol–water partition coefficient (Wildman–Crippen LogP) is 3.13. The van der Waals surface area contributed by atoms with Crippen molar-refractivity contribution in [2.24, 2.45) is 0 Å². The number of nitrogens with one attached hydrogen (secondary N) is 2. The summed E-state index contributed by atoms with van der Waals surface area (Å²) in [5.74, 6) is -3.13. The number of H-pyrrole nitrogens is 1. The maximum absolute atomic E-state index is 12.9. The van der Waals surface area contributed by atoms with Crippen LogP contribution in [0, 0.1) is 0 Å². The number of alkyl halides is 2. The van der Waals surface area contributed by atoms with Crippen molar-refractivity contribution in [3.05, 3.63) is 35.5 Å². The molecule has 22 heavy (non-hydrogen) atoms. The van der Waals surface area contributed by atoms with Crippen LogP contribution in [0.5, 0.6) is 0 Å². The maximum Gasteiger partial charge on any atom is 0.337 e. The van der Waals surface area contributed by atoms with Gasteiger partial charge >= 0.3 is 5.97 Å². The third-order valence-electron chi connectivity index (χ3n) is 3.48. The first-order valence-corrected chi connectivity index (χ1v) is 7.09. The van der Waals surface area contributed by atoms with Crippen molar-refractivity contribution in [1.29, 1.82) is 0 Å². The number of benzene rings is 1. The average Bonchev–Trinajstić information content (AvgIpc) is 2.86. The Morgan fingerprint density at radius 1 is 1.45 bits per heavy atom. The van der Waals surface area contributed by atoms with Crippen molar-refractivity contribution in [1.82, 2.24) is 10.3 Å². The summed E-state index contributed by atoms with van der Waals surface area (Å²) in [7, 11) is 1.33. The molecule has 0 aliphatic rings. The van der Waals surface area contributed by atoms with Gasteiger partial charge in [0.05, 0.1) is 19.2 Å². The number of rotatable bonds is 6. The van der Waals surface area contributed by atoms with Crippen molar-refractivity contribution in [2.75, 3.05) is 13.7 Å². The molecule has 1 unspecified atom stereocenters. The SMILES string of the molecule is COC(=O)c1ccc2[nH]cc(CC(C)NCC(C)(F)F)c2c1. The van der Waals surface area contributed by atoms with Gasteiger partial charge in [0.1, 0.15) is 0 Å². The number of carbonyl (C=O) groups excluding carboxylic acids is 1. The fraction of sp³-hybridized carbons (Fsp3) is 0.438. The molecule has 2 N–H and O–H groups in total. The van der Waals surface area contributed by atoms with Crippen molar-refractivity contribution < 1.29 is 18.3 Å². The van der Waals surface area contributed by atoms with E-state index >= 15 is 0 Å². The number of aromatic amines is 1. The molecule has 0 aliphatic heterocycles. The van der Waals surface area contributed by atoms with E-state index in [0.717, 1.165) is 23.4 Å². The number of hydrogen-bond donors (Lipinski definition) is 2. The summed E-state index contributed by atoms with van der Waals surface area (Å²) in [6.07, 6.45) is 2.43. The van der Waals surface area contributed by atoms with E-state index in [-0.39, 0.29) is 12.6 Å². The van der Waals surface area contributed by atoms with Crippen molar-refractivity contribution in [3.8, 4) is 0 Å². The van der Waals surface area contributed by atoms with Crippen LogP contribution in [0.15, 0.2) is 24.4 Å². The van der Waals surface area contributed by atoms with E-state index in [0.29, 0.717) is 12.0 Å². The summed E-state index contributed by atoms with van der Waals surface area (Å²) < 4.78 is 30.5. The van der Waals surface area contributed by atoms with Gasteiger partial charge in [-0.25, -0.2) is 13.6 Å². The van der Waals surface area contributed by atoms with Gasteiger partial charge in [0, 0.05) is 30.1 Å². The normalized spacial score (nSPS) is 13.3. The Bertz CT molecular complexity index is 662. The zero-order valence-electron chi connectivity index (χ0n) is 12.9. The highest BCUT2D eigenvalue weighted by Crippen LogP contribution is 2.22. The predicted molar refractivity (Wildman–Crippen MR) is 81.4 cm³/mol. The van der Waals surface area contributed by atoms with Crippen LogP contribution in [0.3, 0.4) is 0 Å². The molecule has 2 aromatic rings. The monoisotopic (exact) mass is 310 g/mol. The second-order valence-electron chi connectivity index (χ2n) is 5.62. The van der Waals surface area contributed by atoms with E-state index < -0.39 is 11.9 Å². The van der Waals surface area contributed by atoms with Gasteiger partial charge in [0.25, 0.3) is 5.92 Å². The minimum Gasteiger partial charge on any atom is -0.465 e. The molecule has 0 radical (unpaired) electrons. The summed E-state index contributed by atoms with van der Waals surface area (Å²) in [4.78, 5) is 14.7. The van der Waals surface area contributed by atoms with E-state index in [1.54, 1.807) is 12.1 Å². The molecule has 2 rings (SSSR count). The molecule has 1 atom stereocenters. The third-order valence-corrected chi connectivity index (χ3v) is 3.48. The molecular formula is C16H20F2N2O2. The fourth-order valence-corrected chi connectivity index (χ4v) is 2.35. The van der Waals surface area contributed by atoms with Gasteiger partial charge in [0.15, 0.2) is 0 Å². The third kappa shape index (κ3) is 4.04. The minimum absolute atomic E-state index is 0.105. The van der Waals surface area contributed by atoms with E-state index in [1.807, 2.05) is 19.2 Å². The summed E-state index contributed by atoms with van der Waals surface area (Å²) in [6.45, 7) is 2.39. The number of hydrogen-bond acceptors (Lipinski definition) is 3. The van der Waals surface area contributed by atoms with Crippen LogP contribution in [0.2, 0.25) is 0 Å². The van der Waals surface area contributed by atoms with E-state index in [9.17, 15) is 13.6 Å². The topological polar surface area (TPSA) is 54.1 Å². The Balaban J connectivity index is 2.15. The lowest BCUT2D eigenvalue weighted by molar-refractivity contribution is 0.0204. The van der Waals surface area contributed by atoms with Crippen LogP contribution in [-0.4, -0.2) is 36.6 Å². The lowest BCUT2D eigenvalue weighted by atomic mass is 10.0. The van der Waals surface area contributed by atoms with Crippen molar-refractivity contribution in [3.63, 3.8) is 0 Å². The molecule has 1 aromatic heterocycles. The molecule has 120 valence electrons. The molecule has 0 aliphatic carbocycles. The van der Waals surface area contributed by atoms with Crippen LogP contribution in [0.4, 0.5) is 8.78 Å². The number of methoxy groups -OCH3 is 1. The highest BCUT2D eigenvalue weighted by Gasteiger charge is 2.21. The number of esters is 1. The Morgan fingerprint density at radius 3 is 2.82 bits per heavy atom. The summed E-state index contributed by atoms with van der Waals surface area (Å²) >= 11 is 0. The molecule has 0 fully saturated rings. The molecule has 4 nitrogen and oxygen atoms in total. The zero-order chi connectivity index (χ0) is 16.3. The van der Waals surface area contributed by atoms with Gasteiger partial charge in [-0.1, -0.05) is 0 Å². The first-order chi connectivity index (χ1) is 10.3. The van der Waals surface area contributed by atoms with E-state index in [1.165, 1.54) is 7.11 Å². The first-order valence-electron chi connectivity index (χ1n) is 7.09. The Labute approximate surface area is 127 Å². The molecule has 0 amide bonds. The Kier molecular flexibility index (Phi) is 4.81.